The molecule has 0 fully saturated rings. The summed E-state index contributed by atoms with van der Waals surface area (Å²) in [6, 6.07) is 24.7. The van der Waals surface area contributed by atoms with Gasteiger partial charge in [0.1, 0.15) is 5.75 Å². The van der Waals surface area contributed by atoms with Crippen LogP contribution in [0.1, 0.15) is 17.0 Å². The molecule has 3 aromatic rings. The second-order valence-electron chi connectivity index (χ2n) is 7.01. The van der Waals surface area contributed by atoms with Crippen LogP contribution >= 0.6 is 0 Å². The lowest BCUT2D eigenvalue weighted by Crippen LogP contribution is -2.38. The highest BCUT2D eigenvalue weighted by Gasteiger charge is 2.26. The monoisotopic (exact) mass is 398 g/mol. The molecule has 0 bridgehead atoms. The van der Waals surface area contributed by atoms with Crippen LogP contribution in [0.2, 0.25) is 0 Å². The predicted octanol–water partition coefficient (Wildman–Crippen LogP) is 4.37. The van der Waals surface area contributed by atoms with Crippen LogP contribution in [-0.2, 0) is 9.59 Å². The minimum absolute atomic E-state index is 0.0328. The molecule has 0 radical (unpaired) electrons. The first kappa shape index (κ1) is 19.5. The molecular weight excluding hydrogens is 376 g/mol. The molecule has 0 saturated carbocycles. The normalized spacial score (nSPS) is 12.8. The van der Waals surface area contributed by atoms with Gasteiger partial charge in [-0.1, -0.05) is 66.7 Å². The van der Waals surface area contributed by atoms with Crippen molar-refractivity contribution in [3.8, 4) is 5.75 Å². The van der Waals surface area contributed by atoms with E-state index < -0.39 is 5.92 Å². The van der Waals surface area contributed by atoms with Crippen molar-refractivity contribution in [1.29, 1.82) is 0 Å². The van der Waals surface area contributed by atoms with Crippen LogP contribution in [0, 0.1) is 0 Å². The van der Waals surface area contributed by atoms with Gasteiger partial charge in [0.25, 0.3) is 5.91 Å². The van der Waals surface area contributed by atoms with E-state index in [0.717, 1.165) is 11.1 Å². The Kier molecular flexibility index (Phi) is 5.61. The first-order valence-electron chi connectivity index (χ1n) is 9.76. The molecule has 0 aromatic heterocycles. The number of ether oxygens (including phenoxy) is 1. The zero-order chi connectivity index (χ0) is 20.9. The highest BCUT2D eigenvalue weighted by Crippen LogP contribution is 2.35. The molecule has 3 aromatic carbocycles. The van der Waals surface area contributed by atoms with Crippen molar-refractivity contribution in [2.45, 2.75) is 5.92 Å². The van der Waals surface area contributed by atoms with Crippen LogP contribution in [0.3, 0.4) is 0 Å². The molecule has 5 heteroatoms. The Bertz CT molecular complexity index is 1020. The first-order valence-corrected chi connectivity index (χ1v) is 9.76. The second kappa shape index (κ2) is 8.66. The fourth-order valence-corrected chi connectivity index (χ4v) is 3.61. The highest BCUT2D eigenvalue weighted by molar-refractivity contribution is 6.01. The van der Waals surface area contributed by atoms with Crippen molar-refractivity contribution in [3.63, 3.8) is 0 Å². The summed E-state index contributed by atoms with van der Waals surface area (Å²) in [5.41, 5.74) is 3.12. The molecule has 1 aliphatic rings. The van der Waals surface area contributed by atoms with Gasteiger partial charge in [-0.05, 0) is 23.3 Å². The Morgan fingerprint density at radius 1 is 1.03 bits per heavy atom. The standard InChI is InChI=1S/C25H22N2O3/c1-2-15-27-21-14-13-20(16-22(21)30-17-23(27)28)26-25(29)24(18-9-5-3-6-10-18)19-11-7-4-8-12-19/h2-14,16,24H,1,15,17H2,(H,26,29). The average Bonchev–Trinajstić information content (AvgIpc) is 2.77. The van der Waals surface area contributed by atoms with Gasteiger partial charge in [-0.25, -0.2) is 0 Å². The van der Waals surface area contributed by atoms with Gasteiger partial charge >= 0.3 is 0 Å². The predicted molar refractivity (Wildman–Crippen MR) is 118 cm³/mol. The molecule has 1 N–H and O–H groups in total. The molecule has 0 aliphatic carbocycles. The lowest BCUT2D eigenvalue weighted by molar-refractivity contribution is -0.121. The minimum Gasteiger partial charge on any atom is -0.481 e. The molecule has 4 rings (SSSR count). The zero-order valence-corrected chi connectivity index (χ0v) is 16.5. The van der Waals surface area contributed by atoms with Crippen molar-refractivity contribution >= 4 is 23.2 Å². The summed E-state index contributed by atoms with van der Waals surface area (Å²) in [4.78, 5) is 27.0. The zero-order valence-electron chi connectivity index (χ0n) is 16.5. The molecule has 1 aliphatic heterocycles. The van der Waals surface area contributed by atoms with E-state index in [-0.39, 0.29) is 18.4 Å². The van der Waals surface area contributed by atoms with Crippen molar-refractivity contribution in [3.05, 3.63) is 103 Å². The lowest BCUT2D eigenvalue weighted by Gasteiger charge is -2.29. The Hall–Kier alpha value is -3.86. The Balaban J connectivity index is 1.62. The number of carbonyl (C=O) groups excluding carboxylic acids is 2. The number of fused-ring (bicyclic) bond motifs is 1. The Morgan fingerprint density at radius 3 is 2.27 bits per heavy atom. The smallest absolute Gasteiger partial charge is 0.265 e. The summed E-state index contributed by atoms with van der Waals surface area (Å²) < 4.78 is 5.59. The SMILES string of the molecule is C=CCN1C(=O)COc2cc(NC(=O)C(c3ccccc3)c3ccccc3)ccc21. The number of anilines is 2. The van der Waals surface area contributed by atoms with Crippen molar-refractivity contribution < 1.29 is 14.3 Å². The molecule has 0 atom stereocenters. The van der Waals surface area contributed by atoms with Crippen LogP contribution in [0.4, 0.5) is 11.4 Å². The van der Waals surface area contributed by atoms with Gasteiger partial charge in [0, 0.05) is 18.3 Å². The van der Waals surface area contributed by atoms with Gasteiger partial charge < -0.3 is 15.0 Å². The molecular formula is C25H22N2O3. The molecule has 30 heavy (non-hydrogen) atoms. The molecule has 0 saturated heterocycles. The van der Waals surface area contributed by atoms with E-state index in [1.165, 1.54) is 0 Å². The number of hydrogen-bond donors (Lipinski definition) is 1. The third kappa shape index (κ3) is 3.96. The van der Waals surface area contributed by atoms with Gasteiger partial charge in [-0.2, -0.15) is 0 Å². The van der Waals surface area contributed by atoms with Gasteiger partial charge in [0.05, 0.1) is 11.6 Å². The third-order valence-electron chi connectivity index (χ3n) is 5.01. The number of nitrogens with zero attached hydrogens (tertiary/aromatic N) is 1. The van der Waals surface area contributed by atoms with E-state index in [0.29, 0.717) is 23.7 Å². The molecule has 0 spiro atoms. The van der Waals surface area contributed by atoms with Crippen LogP contribution in [0.15, 0.2) is 91.5 Å². The molecule has 150 valence electrons. The van der Waals surface area contributed by atoms with E-state index in [2.05, 4.69) is 11.9 Å². The van der Waals surface area contributed by atoms with Crippen LogP contribution < -0.4 is 15.0 Å². The van der Waals surface area contributed by atoms with E-state index >= 15 is 0 Å². The van der Waals surface area contributed by atoms with E-state index in [4.69, 9.17) is 4.74 Å². The molecule has 5 nitrogen and oxygen atoms in total. The summed E-state index contributed by atoms with van der Waals surface area (Å²) in [7, 11) is 0. The largest absolute Gasteiger partial charge is 0.481 e. The molecule has 2 amide bonds. The third-order valence-corrected chi connectivity index (χ3v) is 5.01. The fourth-order valence-electron chi connectivity index (χ4n) is 3.61. The number of hydrogen-bond acceptors (Lipinski definition) is 3. The van der Waals surface area contributed by atoms with Gasteiger partial charge in [-0.15, -0.1) is 6.58 Å². The number of amides is 2. The van der Waals surface area contributed by atoms with Crippen LogP contribution in [-0.4, -0.2) is 25.0 Å². The van der Waals surface area contributed by atoms with Gasteiger partial charge in [-0.3, -0.25) is 9.59 Å². The Labute approximate surface area is 175 Å². The highest BCUT2D eigenvalue weighted by atomic mass is 16.5. The summed E-state index contributed by atoms with van der Waals surface area (Å²) in [5, 5.41) is 3.00. The Morgan fingerprint density at radius 2 is 1.67 bits per heavy atom. The van der Waals surface area contributed by atoms with Gasteiger partial charge in [0.15, 0.2) is 6.61 Å². The number of rotatable bonds is 6. The van der Waals surface area contributed by atoms with E-state index in [9.17, 15) is 9.59 Å². The van der Waals surface area contributed by atoms with Crippen molar-refractivity contribution in [2.75, 3.05) is 23.4 Å². The van der Waals surface area contributed by atoms with Gasteiger partial charge in [0.2, 0.25) is 5.91 Å². The molecule has 0 unspecified atom stereocenters. The maximum atomic E-state index is 13.3. The van der Waals surface area contributed by atoms with Crippen molar-refractivity contribution in [2.24, 2.45) is 0 Å². The number of carbonyl (C=O) groups is 2. The summed E-state index contributed by atoms with van der Waals surface area (Å²) in [6.07, 6.45) is 1.67. The van der Waals surface area contributed by atoms with Crippen molar-refractivity contribution in [1.82, 2.24) is 0 Å². The fraction of sp³-hybridized carbons (Fsp3) is 0.120. The van der Waals surface area contributed by atoms with Crippen LogP contribution in [0.25, 0.3) is 0 Å². The number of nitrogens with one attached hydrogen (secondary N) is 1. The lowest BCUT2D eigenvalue weighted by atomic mass is 9.90. The van der Waals surface area contributed by atoms with E-state index in [1.54, 1.807) is 29.2 Å². The summed E-state index contributed by atoms with van der Waals surface area (Å²) >= 11 is 0. The maximum Gasteiger partial charge on any atom is 0.265 e. The summed E-state index contributed by atoms with van der Waals surface area (Å²) in [5.74, 6) is -0.136. The second-order valence-corrected chi connectivity index (χ2v) is 7.01. The van der Waals surface area contributed by atoms with Crippen LogP contribution in [0.5, 0.6) is 5.75 Å². The average molecular weight is 398 g/mol. The van der Waals surface area contributed by atoms with E-state index in [1.807, 2.05) is 60.7 Å². The first-order chi connectivity index (χ1) is 14.7. The summed E-state index contributed by atoms with van der Waals surface area (Å²) in [6.45, 7) is 4.08. The maximum absolute atomic E-state index is 13.3. The molecule has 1 heterocycles. The topological polar surface area (TPSA) is 58.6 Å². The minimum atomic E-state index is -0.441. The quantitative estimate of drug-likeness (QED) is 0.628. The number of benzene rings is 3.